The Hall–Kier alpha value is -0.120. The third kappa shape index (κ3) is 5.28. The van der Waals surface area contributed by atoms with Crippen molar-refractivity contribution < 1.29 is 5.11 Å². The van der Waals surface area contributed by atoms with Crippen LogP contribution in [0.2, 0.25) is 0 Å². The van der Waals surface area contributed by atoms with Crippen LogP contribution < -0.4 is 5.32 Å². The Balaban J connectivity index is 2.27. The van der Waals surface area contributed by atoms with Crippen molar-refractivity contribution in [3.05, 3.63) is 0 Å². The van der Waals surface area contributed by atoms with Gasteiger partial charge in [-0.3, -0.25) is 4.90 Å². The van der Waals surface area contributed by atoms with E-state index in [4.69, 9.17) is 5.11 Å². The average Bonchev–Trinajstić information content (AvgIpc) is 2.29. The summed E-state index contributed by atoms with van der Waals surface area (Å²) in [5.41, 5.74) is 0. The molecular formula is C13H28N2O. The quantitative estimate of drug-likeness (QED) is 0.695. The Morgan fingerprint density at radius 3 is 2.44 bits per heavy atom. The normalized spacial score (nSPS) is 18.6. The van der Waals surface area contributed by atoms with E-state index < -0.39 is 0 Å². The molecule has 0 aromatic rings. The monoisotopic (exact) mass is 228 g/mol. The molecule has 0 saturated heterocycles. The summed E-state index contributed by atoms with van der Waals surface area (Å²) in [6.45, 7) is 7.59. The van der Waals surface area contributed by atoms with Gasteiger partial charge in [-0.1, -0.05) is 33.1 Å². The van der Waals surface area contributed by atoms with E-state index in [2.05, 4.69) is 24.1 Å². The molecule has 0 heterocycles. The van der Waals surface area contributed by atoms with E-state index in [0.717, 1.165) is 25.7 Å². The van der Waals surface area contributed by atoms with E-state index >= 15 is 0 Å². The first-order valence-corrected chi connectivity index (χ1v) is 6.82. The Kier molecular flexibility index (Phi) is 7.01. The number of hydrogen-bond donors (Lipinski definition) is 2. The number of hydrogen-bond acceptors (Lipinski definition) is 3. The highest BCUT2D eigenvalue weighted by Crippen LogP contribution is 2.21. The molecular weight excluding hydrogens is 200 g/mol. The van der Waals surface area contributed by atoms with Crippen LogP contribution in [0, 0.1) is 0 Å². The van der Waals surface area contributed by atoms with Gasteiger partial charge in [-0.15, -0.1) is 0 Å². The highest BCUT2D eigenvalue weighted by Gasteiger charge is 2.19. The van der Waals surface area contributed by atoms with Gasteiger partial charge in [-0.05, 0) is 12.8 Å². The van der Waals surface area contributed by atoms with Crippen molar-refractivity contribution in [3.63, 3.8) is 0 Å². The maximum Gasteiger partial charge on any atom is 0.0558 e. The van der Waals surface area contributed by atoms with Gasteiger partial charge in [0, 0.05) is 31.7 Å². The molecule has 0 atom stereocenters. The Morgan fingerprint density at radius 2 is 1.88 bits per heavy atom. The van der Waals surface area contributed by atoms with Crippen LogP contribution in [0.3, 0.4) is 0 Å². The van der Waals surface area contributed by atoms with Gasteiger partial charge in [0.05, 0.1) is 6.61 Å². The van der Waals surface area contributed by atoms with E-state index in [9.17, 15) is 0 Å². The molecule has 1 aliphatic rings. The zero-order chi connectivity index (χ0) is 11.8. The Bertz CT molecular complexity index is 167. The number of aliphatic hydroxyl groups excluding tert-OH is 1. The van der Waals surface area contributed by atoms with Gasteiger partial charge in [-0.2, -0.15) is 0 Å². The predicted molar refractivity (Wildman–Crippen MR) is 68.7 cm³/mol. The third-order valence-corrected chi connectivity index (χ3v) is 3.43. The van der Waals surface area contributed by atoms with Crippen molar-refractivity contribution in [2.75, 3.05) is 26.2 Å². The van der Waals surface area contributed by atoms with Crippen molar-refractivity contribution in [2.45, 2.75) is 58.0 Å². The SMILES string of the molecule is CC(C)NCCN(CCO)C1CCCCC1. The van der Waals surface area contributed by atoms with Gasteiger partial charge >= 0.3 is 0 Å². The number of rotatable bonds is 7. The molecule has 0 amide bonds. The van der Waals surface area contributed by atoms with E-state index in [-0.39, 0.29) is 6.61 Å². The van der Waals surface area contributed by atoms with E-state index in [1.54, 1.807) is 0 Å². The topological polar surface area (TPSA) is 35.5 Å². The lowest BCUT2D eigenvalue weighted by Crippen LogP contribution is -2.43. The van der Waals surface area contributed by atoms with Crippen LogP contribution in [0.5, 0.6) is 0 Å². The molecule has 0 aromatic carbocycles. The van der Waals surface area contributed by atoms with Crippen molar-refractivity contribution >= 4 is 0 Å². The fraction of sp³-hybridized carbons (Fsp3) is 1.00. The molecule has 0 aliphatic heterocycles. The van der Waals surface area contributed by atoms with E-state index in [0.29, 0.717) is 6.04 Å². The minimum absolute atomic E-state index is 0.290. The van der Waals surface area contributed by atoms with Gasteiger partial charge < -0.3 is 10.4 Å². The lowest BCUT2D eigenvalue weighted by molar-refractivity contribution is 0.124. The molecule has 0 spiro atoms. The molecule has 0 bridgehead atoms. The molecule has 0 aromatic heterocycles. The summed E-state index contributed by atoms with van der Waals surface area (Å²) in [6.07, 6.45) is 6.77. The van der Waals surface area contributed by atoms with Crippen LogP contribution in [0.1, 0.15) is 46.0 Å². The molecule has 2 N–H and O–H groups in total. The summed E-state index contributed by atoms with van der Waals surface area (Å²) >= 11 is 0. The summed E-state index contributed by atoms with van der Waals surface area (Å²) in [5.74, 6) is 0. The first kappa shape index (κ1) is 13.9. The number of aliphatic hydroxyl groups is 1. The van der Waals surface area contributed by atoms with Crippen molar-refractivity contribution in [1.82, 2.24) is 10.2 Å². The lowest BCUT2D eigenvalue weighted by atomic mass is 9.94. The standard InChI is InChI=1S/C13H28N2O/c1-12(2)14-8-9-15(10-11-16)13-6-4-3-5-7-13/h12-14,16H,3-11H2,1-2H3. The van der Waals surface area contributed by atoms with Crippen LogP contribution >= 0.6 is 0 Å². The van der Waals surface area contributed by atoms with Crippen molar-refractivity contribution in [2.24, 2.45) is 0 Å². The lowest BCUT2D eigenvalue weighted by Gasteiger charge is -2.34. The number of nitrogens with one attached hydrogen (secondary N) is 1. The summed E-state index contributed by atoms with van der Waals surface area (Å²) in [5, 5.41) is 12.6. The largest absolute Gasteiger partial charge is 0.395 e. The number of nitrogens with zero attached hydrogens (tertiary/aromatic N) is 1. The smallest absolute Gasteiger partial charge is 0.0558 e. The molecule has 1 aliphatic carbocycles. The van der Waals surface area contributed by atoms with Crippen LogP contribution in [0.15, 0.2) is 0 Å². The molecule has 96 valence electrons. The van der Waals surface area contributed by atoms with Gasteiger partial charge in [0.2, 0.25) is 0 Å². The second-order valence-electron chi connectivity index (χ2n) is 5.16. The zero-order valence-corrected chi connectivity index (χ0v) is 10.9. The molecule has 16 heavy (non-hydrogen) atoms. The maximum atomic E-state index is 9.11. The van der Waals surface area contributed by atoms with Crippen LogP contribution in [-0.4, -0.2) is 48.3 Å². The minimum Gasteiger partial charge on any atom is -0.395 e. The second-order valence-corrected chi connectivity index (χ2v) is 5.16. The molecule has 1 rings (SSSR count). The van der Waals surface area contributed by atoms with Crippen LogP contribution in [-0.2, 0) is 0 Å². The second kappa shape index (κ2) is 8.04. The molecule has 1 fully saturated rings. The fourth-order valence-electron chi connectivity index (χ4n) is 2.55. The average molecular weight is 228 g/mol. The predicted octanol–water partition coefficient (Wildman–Crippen LogP) is 1.61. The fourth-order valence-corrected chi connectivity index (χ4v) is 2.55. The van der Waals surface area contributed by atoms with Crippen LogP contribution in [0.25, 0.3) is 0 Å². The minimum atomic E-state index is 0.290. The summed E-state index contributed by atoms with van der Waals surface area (Å²) in [4.78, 5) is 2.47. The van der Waals surface area contributed by atoms with Gasteiger partial charge in [0.15, 0.2) is 0 Å². The Labute approximate surface area is 100 Å². The van der Waals surface area contributed by atoms with E-state index in [1.165, 1.54) is 32.1 Å². The van der Waals surface area contributed by atoms with Crippen LogP contribution in [0.4, 0.5) is 0 Å². The highest BCUT2D eigenvalue weighted by molar-refractivity contribution is 4.76. The molecule has 0 unspecified atom stereocenters. The van der Waals surface area contributed by atoms with E-state index in [1.807, 2.05) is 0 Å². The van der Waals surface area contributed by atoms with Crippen molar-refractivity contribution in [3.8, 4) is 0 Å². The van der Waals surface area contributed by atoms with Gasteiger partial charge in [0.25, 0.3) is 0 Å². The summed E-state index contributed by atoms with van der Waals surface area (Å²) < 4.78 is 0. The Morgan fingerprint density at radius 1 is 1.19 bits per heavy atom. The van der Waals surface area contributed by atoms with Gasteiger partial charge in [-0.25, -0.2) is 0 Å². The third-order valence-electron chi connectivity index (χ3n) is 3.43. The maximum absolute atomic E-state index is 9.11. The zero-order valence-electron chi connectivity index (χ0n) is 10.9. The van der Waals surface area contributed by atoms with Gasteiger partial charge in [0.1, 0.15) is 0 Å². The first-order chi connectivity index (χ1) is 7.74. The first-order valence-electron chi connectivity index (χ1n) is 6.82. The summed E-state index contributed by atoms with van der Waals surface area (Å²) in [6, 6.07) is 1.28. The summed E-state index contributed by atoms with van der Waals surface area (Å²) in [7, 11) is 0. The molecule has 3 nitrogen and oxygen atoms in total. The molecule has 1 saturated carbocycles. The highest BCUT2D eigenvalue weighted by atomic mass is 16.3. The molecule has 3 heteroatoms. The van der Waals surface area contributed by atoms with Crippen molar-refractivity contribution in [1.29, 1.82) is 0 Å². The molecule has 0 radical (unpaired) electrons.